The molecule has 7 heteroatoms. The predicted octanol–water partition coefficient (Wildman–Crippen LogP) is 3.13. The first-order valence-corrected chi connectivity index (χ1v) is 8.04. The van der Waals surface area contributed by atoms with Crippen LogP contribution in [0.1, 0.15) is 47.5 Å². The molecule has 1 heterocycles. The Bertz CT molecular complexity index is 725. The van der Waals surface area contributed by atoms with Gasteiger partial charge in [0.2, 0.25) is 0 Å². The van der Waals surface area contributed by atoms with E-state index in [9.17, 15) is 9.59 Å². The van der Waals surface area contributed by atoms with Crippen LogP contribution in [0.25, 0.3) is 0 Å². The van der Waals surface area contributed by atoms with Crippen molar-refractivity contribution in [3.63, 3.8) is 0 Å². The summed E-state index contributed by atoms with van der Waals surface area (Å²) in [5.41, 5.74) is 1.70. The summed E-state index contributed by atoms with van der Waals surface area (Å²) in [4.78, 5) is 31.1. The highest BCUT2D eigenvalue weighted by atomic mass is 16.5. The van der Waals surface area contributed by atoms with Crippen molar-refractivity contribution in [2.75, 3.05) is 7.11 Å². The number of ether oxygens (including phenoxy) is 2. The summed E-state index contributed by atoms with van der Waals surface area (Å²) >= 11 is 0. The molecule has 134 valence electrons. The number of esters is 1. The maximum atomic E-state index is 12.1. The fraction of sp³-hybridized carbons (Fsp3) is 0.389. The number of aromatic nitrogens is 2. The maximum absolute atomic E-state index is 12.1. The number of aromatic amines is 1. The van der Waals surface area contributed by atoms with E-state index in [1.54, 1.807) is 6.92 Å². The minimum absolute atomic E-state index is 0.0420. The summed E-state index contributed by atoms with van der Waals surface area (Å²) in [6, 6.07) is 9.01. The normalized spacial score (nSPS) is 11.9. The quantitative estimate of drug-likeness (QED) is 0.785. The number of carbonyl (C=O) groups is 2. The molecular weight excluding hydrogens is 322 g/mol. The molecule has 0 saturated heterocycles. The molecular formula is C18H23N3O4. The molecule has 2 rings (SSSR count). The number of H-pyrrole nitrogens is 1. The van der Waals surface area contributed by atoms with E-state index < -0.39 is 18.1 Å². The second-order valence-corrected chi connectivity index (χ2v) is 6.01. The van der Waals surface area contributed by atoms with Crippen molar-refractivity contribution in [2.45, 2.75) is 33.4 Å². The van der Waals surface area contributed by atoms with Crippen molar-refractivity contribution in [2.24, 2.45) is 5.92 Å². The predicted molar refractivity (Wildman–Crippen MR) is 92.0 cm³/mol. The zero-order chi connectivity index (χ0) is 18.4. The summed E-state index contributed by atoms with van der Waals surface area (Å²) in [6.07, 6.45) is -0.545. The van der Waals surface area contributed by atoms with Gasteiger partial charge in [-0.1, -0.05) is 44.2 Å². The minimum atomic E-state index is -0.545. The van der Waals surface area contributed by atoms with Gasteiger partial charge in [0, 0.05) is 5.69 Å². The van der Waals surface area contributed by atoms with Gasteiger partial charge in [0.25, 0.3) is 0 Å². The Morgan fingerprint density at radius 2 is 1.92 bits per heavy atom. The van der Waals surface area contributed by atoms with Gasteiger partial charge in [-0.2, -0.15) is 0 Å². The Labute approximate surface area is 146 Å². The molecule has 0 bridgehead atoms. The largest absolute Gasteiger partial charge is 0.464 e. The molecule has 0 aliphatic rings. The lowest BCUT2D eigenvalue weighted by Gasteiger charge is -2.20. The summed E-state index contributed by atoms with van der Waals surface area (Å²) in [5.74, 6) is 0.0130. The Morgan fingerprint density at radius 1 is 1.24 bits per heavy atom. The number of alkyl carbamates (subject to hydrolysis) is 1. The molecule has 1 aromatic heterocycles. The third-order valence-electron chi connectivity index (χ3n) is 3.73. The zero-order valence-corrected chi connectivity index (χ0v) is 14.8. The van der Waals surface area contributed by atoms with Crippen LogP contribution in [0.4, 0.5) is 4.79 Å². The maximum Gasteiger partial charge on any atom is 0.408 e. The second kappa shape index (κ2) is 8.32. The minimum Gasteiger partial charge on any atom is -0.464 e. The first kappa shape index (κ1) is 18.5. The highest BCUT2D eigenvalue weighted by Crippen LogP contribution is 2.21. The molecule has 1 unspecified atom stereocenters. The van der Waals surface area contributed by atoms with E-state index in [-0.39, 0.29) is 18.2 Å². The molecule has 2 aromatic rings. The van der Waals surface area contributed by atoms with Gasteiger partial charge in [0.1, 0.15) is 12.4 Å². The lowest BCUT2D eigenvalue weighted by Crippen LogP contribution is -2.33. The first-order chi connectivity index (χ1) is 11.9. The van der Waals surface area contributed by atoms with E-state index >= 15 is 0 Å². The lowest BCUT2D eigenvalue weighted by atomic mass is 10.0. The molecule has 1 aromatic carbocycles. The molecule has 0 aliphatic carbocycles. The molecule has 1 atom stereocenters. The van der Waals surface area contributed by atoms with Crippen LogP contribution in [-0.4, -0.2) is 29.1 Å². The zero-order valence-electron chi connectivity index (χ0n) is 14.8. The number of rotatable bonds is 6. The number of carbonyl (C=O) groups excluding carboxylic acids is 2. The molecule has 0 spiro atoms. The highest BCUT2D eigenvalue weighted by molar-refractivity contribution is 5.88. The number of methoxy groups -OCH3 is 1. The summed E-state index contributed by atoms with van der Waals surface area (Å²) < 4.78 is 9.96. The third kappa shape index (κ3) is 4.82. The number of nitrogens with one attached hydrogen (secondary N) is 2. The average molecular weight is 345 g/mol. The molecule has 0 aliphatic heterocycles. The van der Waals surface area contributed by atoms with E-state index in [1.807, 2.05) is 44.2 Å². The molecule has 0 radical (unpaired) electrons. The van der Waals surface area contributed by atoms with E-state index in [2.05, 4.69) is 15.3 Å². The first-order valence-electron chi connectivity index (χ1n) is 8.04. The van der Waals surface area contributed by atoms with Crippen molar-refractivity contribution in [3.05, 3.63) is 53.1 Å². The smallest absolute Gasteiger partial charge is 0.408 e. The van der Waals surface area contributed by atoms with E-state index in [1.165, 1.54) is 7.11 Å². The van der Waals surface area contributed by atoms with Crippen LogP contribution < -0.4 is 5.32 Å². The van der Waals surface area contributed by atoms with Gasteiger partial charge in [-0.15, -0.1) is 0 Å². The van der Waals surface area contributed by atoms with E-state index in [0.717, 1.165) is 5.56 Å². The third-order valence-corrected chi connectivity index (χ3v) is 3.73. The van der Waals surface area contributed by atoms with Crippen LogP contribution in [0, 0.1) is 12.8 Å². The van der Waals surface area contributed by atoms with Crippen molar-refractivity contribution in [1.82, 2.24) is 15.3 Å². The second-order valence-electron chi connectivity index (χ2n) is 6.01. The molecule has 0 fully saturated rings. The van der Waals surface area contributed by atoms with Crippen LogP contribution >= 0.6 is 0 Å². The molecule has 25 heavy (non-hydrogen) atoms. The highest BCUT2D eigenvalue weighted by Gasteiger charge is 2.25. The van der Waals surface area contributed by atoms with Crippen molar-refractivity contribution in [1.29, 1.82) is 0 Å². The van der Waals surface area contributed by atoms with Gasteiger partial charge in [-0.25, -0.2) is 14.6 Å². The van der Waals surface area contributed by atoms with Gasteiger partial charge >= 0.3 is 12.1 Å². The SMILES string of the molecule is COC(=O)c1nc(C(NC(=O)OCc2ccccc2)C(C)C)[nH]c1C. The monoisotopic (exact) mass is 345 g/mol. The number of hydrogen-bond acceptors (Lipinski definition) is 5. The standard InChI is InChI=1S/C18H23N3O4/c1-11(2)14(16-19-12(3)15(20-16)17(22)24-4)21-18(23)25-10-13-8-6-5-7-9-13/h5-9,11,14H,10H2,1-4H3,(H,19,20)(H,21,23). The van der Waals surface area contributed by atoms with Crippen LogP contribution in [0.15, 0.2) is 30.3 Å². The number of aryl methyl sites for hydroxylation is 1. The van der Waals surface area contributed by atoms with Gasteiger partial charge in [-0.3, -0.25) is 0 Å². The fourth-order valence-electron chi connectivity index (χ4n) is 2.37. The van der Waals surface area contributed by atoms with Crippen LogP contribution in [-0.2, 0) is 16.1 Å². The van der Waals surface area contributed by atoms with Gasteiger partial charge in [0.15, 0.2) is 5.69 Å². The average Bonchev–Trinajstić information content (AvgIpc) is 2.99. The lowest BCUT2D eigenvalue weighted by molar-refractivity contribution is 0.0593. The van der Waals surface area contributed by atoms with Crippen LogP contribution in [0.2, 0.25) is 0 Å². The summed E-state index contributed by atoms with van der Waals surface area (Å²) in [5, 5.41) is 2.79. The number of imidazole rings is 1. The molecule has 1 amide bonds. The summed E-state index contributed by atoms with van der Waals surface area (Å²) in [6.45, 7) is 5.80. The number of benzene rings is 1. The van der Waals surface area contributed by atoms with E-state index in [0.29, 0.717) is 11.5 Å². The van der Waals surface area contributed by atoms with Gasteiger partial charge in [0.05, 0.1) is 13.2 Å². The Balaban J connectivity index is 2.05. The number of amides is 1. The van der Waals surface area contributed by atoms with E-state index in [4.69, 9.17) is 9.47 Å². The topological polar surface area (TPSA) is 93.3 Å². The van der Waals surface area contributed by atoms with Crippen molar-refractivity contribution >= 4 is 12.1 Å². The molecule has 7 nitrogen and oxygen atoms in total. The fourth-order valence-corrected chi connectivity index (χ4v) is 2.37. The molecule has 0 saturated carbocycles. The van der Waals surface area contributed by atoms with Gasteiger partial charge < -0.3 is 19.8 Å². The van der Waals surface area contributed by atoms with Gasteiger partial charge in [-0.05, 0) is 18.4 Å². The number of nitrogens with zero attached hydrogens (tertiary/aromatic N) is 1. The molecule has 2 N–H and O–H groups in total. The Hall–Kier alpha value is -2.83. The van der Waals surface area contributed by atoms with Crippen molar-refractivity contribution in [3.8, 4) is 0 Å². The summed E-state index contributed by atoms with van der Waals surface area (Å²) in [7, 11) is 1.30. The van der Waals surface area contributed by atoms with Crippen LogP contribution in [0.3, 0.4) is 0 Å². The Morgan fingerprint density at radius 3 is 2.52 bits per heavy atom. The van der Waals surface area contributed by atoms with Crippen molar-refractivity contribution < 1.29 is 19.1 Å². The Kier molecular flexibility index (Phi) is 6.16. The number of hydrogen-bond donors (Lipinski definition) is 2. The van der Waals surface area contributed by atoms with Crippen LogP contribution in [0.5, 0.6) is 0 Å².